The smallest absolute Gasteiger partial charge is 0.335 e. The number of rotatable bonds is 6. The lowest BCUT2D eigenvalue weighted by Crippen LogP contribution is -2.42. The Kier molecular flexibility index (Phi) is 3.97. The fourth-order valence-electron chi connectivity index (χ4n) is 3.44. The molecule has 1 aromatic carbocycles. The van der Waals surface area contributed by atoms with Gasteiger partial charge in [0.05, 0.1) is 12.7 Å². The molecule has 5 nitrogen and oxygen atoms in total. The summed E-state index contributed by atoms with van der Waals surface area (Å²) in [5.41, 5.74) is 0.0107. The Balaban J connectivity index is 1.48. The van der Waals surface area contributed by atoms with E-state index in [-0.39, 0.29) is 36.7 Å². The van der Waals surface area contributed by atoms with E-state index in [9.17, 15) is 18.4 Å². The van der Waals surface area contributed by atoms with Crippen LogP contribution in [-0.2, 0) is 11.2 Å². The molecule has 2 aliphatic carbocycles. The van der Waals surface area contributed by atoms with E-state index in [1.165, 1.54) is 19.2 Å². The molecule has 0 heterocycles. The molecule has 1 spiro atoms. The van der Waals surface area contributed by atoms with Gasteiger partial charge in [0.25, 0.3) is 5.92 Å². The Morgan fingerprint density at radius 1 is 1.38 bits per heavy atom. The predicted molar refractivity (Wildman–Crippen MR) is 81.4 cm³/mol. The molecule has 1 amide bonds. The van der Waals surface area contributed by atoms with Crippen molar-refractivity contribution in [3.63, 3.8) is 0 Å². The SMILES string of the molecule is COc1cc(C(=O)O)ccc1CCNC(=O)C1CC2(C1)CC2(F)F. The molecule has 7 heteroatoms. The van der Waals surface area contributed by atoms with Gasteiger partial charge in [-0.2, -0.15) is 0 Å². The highest BCUT2D eigenvalue weighted by atomic mass is 19.3. The van der Waals surface area contributed by atoms with Crippen LogP contribution in [0.25, 0.3) is 0 Å². The van der Waals surface area contributed by atoms with Crippen molar-refractivity contribution >= 4 is 11.9 Å². The first-order valence-corrected chi connectivity index (χ1v) is 7.84. The normalized spacial score (nSPS) is 26.5. The van der Waals surface area contributed by atoms with Crippen LogP contribution in [-0.4, -0.2) is 36.6 Å². The highest BCUT2D eigenvalue weighted by Gasteiger charge is 2.76. The number of carbonyl (C=O) groups is 2. The summed E-state index contributed by atoms with van der Waals surface area (Å²) in [4.78, 5) is 22.9. The molecule has 0 atom stereocenters. The fourth-order valence-corrected chi connectivity index (χ4v) is 3.44. The lowest BCUT2D eigenvalue weighted by Gasteiger charge is -2.34. The molecule has 0 radical (unpaired) electrons. The molecule has 0 aliphatic heterocycles. The zero-order valence-corrected chi connectivity index (χ0v) is 13.3. The van der Waals surface area contributed by atoms with Crippen molar-refractivity contribution in [2.75, 3.05) is 13.7 Å². The lowest BCUT2D eigenvalue weighted by atomic mass is 9.71. The van der Waals surface area contributed by atoms with Crippen molar-refractivity contribution in [2.24, 2.45) is 11.3 Å². The number of aromatic carboxylic acids is 1. The number of amides is 1. The van der Waals surface area contributed by atoms with Gasteiger partial charge in [-0.1, -0.05) is 6.07 Å². The summed E-state index contributed by atoms with van der Waals surface area (Å²) in [6.45, 7) is 0.349. The van der Waals surface area contributed by atoms with Crippen molar-refractivity contribution in [2.45, 2.75) is 31.6 Å². The largest absolute Gasteiger partial charge is 0.496 e. The predicted octanol–water partition coefficient (Wildman–Crippen LogP) is 2.49. The second-order valence-corrected chi connectivity index (χ2v) is 6.64. The number of carboxylic acids is 1. The van der Waals surface area contributed by atoms with Gasteiger partial charge >= 0.3 is 5.97 Å². The number of carbonyl (C=O) groups excluding carboxylic acids is 1. The summed E-state index contributed by atoms with van der Waals surface area (Å²) >= 11 is 0. The van der Waals surface area contributed by atoms with Crippen LogP contribution >= 0.6 is 0 Å². The minimum Gasteiger partial charge on any atom is -0.496 e. The molecule has 0 saturated heterocycles. The first kappa shape index (κ1) is 16.7. The molecule has 0 bridgehead atoms. The standard InChI is InChI=1S/C17H19F2NO4/c1-24-13-6-11(15(22)23)3-2-10(13)4-5-20-14(21)12-7-16(8-12)9-17(16,18)19/h2-3,6,12H,4-5,7-9H2,1H3,(H,20,21)(H,22,23). The minimum atomic E-state index is -2.58. The Hall–Kier alpha value is -2.18. The highest BCUT2D eigenvalue weighted by molar-refractivity contribution is 5.88. The average molecular weight is 339 g/mol. The van der Waals surface area contributed by atoms with Gasteiger partial charge in [-0.15, -0.1) is 0 Å². The molecule has 0 aromatic heterocycles. The van der Waals surface area contributed by atoms with Crippen LogP contribution < -0.4 is 10.1 Å². The van der Waals surface area contributed by atoms with Crippen LogP contribution in [0.5, 0.6) is 5.75 Å². The van der Waals surface area contributed by atoms with Gasteiger partial charge in [0.15, 0.2) is 0 Å². The number of ether oxygens (including phenoxy) is 1. The van der Waals surface area contributed by atoms with Gasteiger partial charge in [0.2, 0.25) is 5.91 Å². The average Bonchev–Trinajstić information content (AvgIpc) is 3.08. The Morgan fingerprint density at radius 2 is 2.04 bits per heavy atom. The zero-order chi connectivity index (χ0) is 17.5. The monoisotopic (exact) mass is 339 g/mol. The van der Waals surface area contributed by atoms with Crippen molar-refractivity contribution in [1.29, 1.82) is 0 Å². The molecule has 2 fully saturated rings. The molecule has 2 N–H and O–H groups in total. The maximum Gasteiger partial charge on any atom is 0.335 e. The van der Waals surface area contributed by atoms with Gasteiger partial charge in [0, 0.05) is 24.3 Å². The number of hydrogen-bond acceptors (Lipinski definition) is 3. The van der Waals surface area contributed by atoms with E-state index in [1.54, 1.807) is 6.07 Å². The van der Waals surface area contributed by atoms with Gasteiger partial charge in [-0.25, -0.2) is 13.6 Å². The third-order valence-corrected chi connectivity index (χ3v) is 5.08. The molecule has 24 heavy (non-hydrogen) atoms. The Bertz CT molecular complexity index is 683. The quantitative estimate of drug-likeness (QED) is 0.835. The third kappa shape index (κ3) is 2.83. The molecular formula is C17H19F2NO4. The van der Waals surface area contributed by atoms with E-state index in [0.29, 0.717) is 18.7 Å². The van der Waals surface area contributed by atoms with E-state index < -0.39 is 17.3 Å². The summed E-state index contributed by atoms with van der Waals surface area (Å²) in [5, 5.41) is 11.7. The van der Waals surface area contributed by atoms with E-state index in [4.69, 9.17) is 9.84 Å². The Labute approximate surface area is 138 Å². The Morgan fingerprint density at radius 3 is 2.58 bits per heavy atom. The van der Waals surface area contributed by atoms with Gasteiger partial charge in [-0.05, 0) is 37.0 Å². The van der Waals surface area contributed by atoms with Crippen molar-refractivity contribution in [3.8, 4) is 5.75 Å². The topological polar surface area (TPSA) is 75.6 Å². The lowest BCUT2D eigenvalue weighted by molar-refractivity contribution is -0.131. The van der Waals surface area contributed by atoms with Crippen LogP contribution in [0.1, 0.15) is 35.2 Å². The molecular weight excluding hydrogens is 320 g/mol. The summed E-state index contributed by atoms with van der Waals surface area (Å²) in [6, 6.07) is 4.56. The van der Waals surface area contributed by atoms with Gasteiger partial charge in [0.1, 0.15) is 5.75 Å². The zero-order valence-electron chi connectivity index (χ0n) is 13.3. The van der Waals surface area contributed by atoms with E-state index in [0.717, 1.165) is 5.56 Å². The third-order valence-electron chi connectivity index (χ3n) is 5.08. The second-order valence-electron chi connectivity index (χ2n) is 6.64. The first-order chi connectivity index (χ1) is 11.3. The number of halogens is 2. The molecule has 2 aliphatic rings. The van der Waals surface area contributed by atoms with Crippen LogP contribution in [0.15, 0.2) is 18.2 Å². The second kappa shape index (κ2) is 5.72. The van der Waals surface area contributed by atoms with Gasteiger partial charge in [-0.3, -0.25) is 4.79 Å². The van der Waals surface area contributed by atoms with Crippen molar-refractivity contribution < 1.29 is 28.2 Å². The molecule has 130 valence electrons. The number of nitrogens with one attached hydrogen (secondary N) is 1. The van der Waals surface area contributed by atoms with Crippen LogP contribution in [0.2, 0.25) is 0 Å². The van der Waals surface area contributed by atoms with Crippen molar-refractivity contribution in [3.05, 3.63) is 29.3 Å². The maximum atomic E-state index is 13.1. The minimum absolute atomic E-state index is 0.0864. The van der Waals surface area contributed by atoms with Crippen molar-refractivity contribution in [1.82, 2.24) is 5.32 Å². The summed E-state index contributed by atoms with van der Waals surface area (Å²) in [6.07, 6.45) is 0.921. The first-order valence-electron chi connectivity index (χ1n) is 7.84. The fraction of sp³-hybridized carbons (Fsp3) is 0.529. The van der Waals surface area contributed by atoms with Crippen LogP contribution in [0.3, 0.4) is 0 Å². The highest BCUT2D eigenvalue weighted by Crippen LogP contribution is 2.72. The maximum absolute atomic E-state index is 13.1. The number of hydrogen-bond donors (Lipinski definition) is 2. The van der Waals surface area contributed by atoms with Crippen LogP contribution in [0.4, 0.5) is 8.78 Å². The molecule has 3 rings (SSSR count). The summed E-state index contributed by atoms with van der Waals surface area (Å²) in [7, 11) is 1.45. The summed E-state index contributed by atoms with van der Waals surface area (Å²) in [5.74, 6) is -3.68. The van der Waals surface area contributed by atoms with E-state index in [1.807, 2.05) is 0 Å². The van der Waals surface area contributed by atoms with Gasteiger partial charge < -0.3 is 15.2 Å². The molecule has 2 saturated carbocycles. The number of alkyl halides is 2. The van der Waals surface area contributed by atoms with E-state index >= 15 is 0 Å². The number of benzene rings is 1. The number of carboxylic acid groups (broad SMARTS) is 1. The summed E-state index contributed by atoms with van der Waals surface area (Å²) < 4.78 is 31.4. The van der Waals surface area contributed by atoms with Crippen LogP contribution in [0, 0.1) is 11.3 Å². The number of methoxy groups -OCH3 is 1. The molecule has 0 unspecified atom stereocenters. The van der Waals surface area contributed by atoms with E-state index in [2.05, 4.69) is 5.32 Å². The molecule has 1 aromatic rings.